The van der Waals surface area contributed by atoms with E-state index in [1.54, 1.807) is 19.1 Å². The minimum absolute atomic E-state index is 0.0706. The molecule has 1 aliphatic heterocycles. The maximum atomic E-state index is 13.2. The van der Waals surface area contributed by atoms with E-state index in [2.05, 4.69) is 5.32 Å². The van der Waals surface area contributed by atoms with E-state index in [-0.39, 0.29) is 17.8 Å². The van der Waals surface area contributed by atoms with Crippen molar-refractivity contribution in [3.63, 3.8) is 0 Å². The molecule has 0 bridgehead atoms. The predicted molar refractivity (Wildman–Crippen MR) is 79.2 cm³/mol. The summed E-state index contributed by atoms with van der Waals surface area (Å²) in [7, 11) is 0. The average Bonchev–Trinajstić information content (AvgIpc) is 2.44. The van der Waals surface area contributed by atoms with Gasteiger partial charge in [-0.25, -0.2) is 4.39 Å². The van der Waals surface area contributed by atoms with Gasteiger partial charge in [-0.15, -0.1) is 0 Å². The Morgan fingerprint density at radius 2 is 2.29 bits per heavy atom. The molecule has 4 nitrogen and oxygen atoms in total. The number of benzene rings is 1. The molecule has 1 aromatic rings. The summed E-state index contributed by atoms with van der Waals surface area (Å²) >= 11 is 0. The number of likely N-dealkylation sites (tertiary alicyclic amines) is 1. The molecule has 0 spiro atoms. The third kappa shape index (κ3) is 4.51. The molecule has 1 amide bonds. The lowest BCUT2D eigenvalue weighted by atomic mass is 9.96. The Morgan fingerprint density at radius 1 is 1.52 bits per heavy atom. The molecule has 1 aromatic carbocycles. The summed E-state index contributed by atoms with van der Waals surface area (Å²) in [5.41, 5.74) is 1.46. The fourth-order valence-corrected chi connectivity index (χ4v) is 2.53. The number of β-amino-alcohol motifs (C(OH)–C–C–N with tert-alkyl or cyclic N) is 1. The fraction of sp³-hybridized carbons (Fsp3) is 0.562. The Hall–Kier alpha value is -1.46. The number of aliphatic hydroxyl groups excluding tert-OH is 1. The quantitative estimate of drug-likeness (QED) is 0.884. The van der Waals surface area contributed by atoms with Crippen LogP contribution >= 0.6 is 0 Å². The lowest BCUT2D eigenvalue weighted by molar-refractivity contribution is -0.123. The van der Waals surface area contributed by atoms with E-state index in [0.717, 1.165) is 18.5 Å². The molecule has 116 valence electrons. The van der Waals surface area contributed by atoms with Crippen molar-refractivity contribution in [3.8, 4) is 0 Å². The number of piperidine rings is 1. The second-order valence-electron chi connectivity index (χ2n) is 5.93. The highest BCUT2D eigenvalue weighted by Crippen LogP contribution is 2.16. The molecule has 2 atom stereocenters. The number of hydrogen-bond acceptors (Lipinski definition) is 3. The van der Waals surface area contributed by atoms with Crippen LogP contribution in [-0.2, 0) is 11.3 Å². The standard InChI is InChI=1S/C16H23FN2O2/c1-11-5-6-19(9-15(11)20)10-16(21)18-8-13-3-4-14(17)12(2)7-13/h3-4,7,11,15,20H,5-6,8-10H2,1-2H3,(H,18,21). The second-order valence-corrected chi connectivity index (χ2v) is 5.93. The Labute approximate surface area is 125 Å². The van der Waals surface area contributed by atoms with Gasteiger partial charge in [-0.05, 0) is 43.0 Å². The highest BCUT2D eigenvalue weighted by atomic mass is 19.1. The van der Waals surface area contributed by atoms with Crippen LogP contribution in [-0.4, -0.2) is 41.7 Å². The number of halogens is 1. The summed E-state index contributed by atoms with van der Waals surface area (Å²) in [5.74, 6) is -0.00765. The summed E-state index contributed by atoms with van der Waals surface area (Å²) in [4.78, 5) is 13.9. The number of carbonyl (C=O) groups excluding carboxylic acids is 1. The first-order chi connectivity index (χ1) is 9.95. The molecule has 0 aliphatic carbocycles. The van der Waals surface area contributed by atoms with Crippen molar-refractivity contribution in [3.05, 3.63) is 35.1 Å². The molecule has 1 saturated heterocycles. The van der Waals surface area contributed by atoms with Crippen molar-refractivity contribution >= 4 is 5.91 Å². The van der Waals surface area contributed by atoms with Crippen molar-refractivity contribution in [1.82, 2.24) is 10.2 Å². The fourth-order valence-electron chi connectivity index (χ4n) is 2.53. The van der Waals surface area contributed by atoms with Crippen molar-refractivity contribution < 1.29 is 14.3 Å². The topological polar surface area (TPSA) is 52.6 Å². The first-order valence-corrected chi connectivity index (χ1v) is 7.38. The van der Waals surface area contributed by atoms with Crippen LogP contribution < -0.4 is 5.32 Å². The van der Waals surface area contributed by atoms with Crippen LogP contribution in [0.5, 0.6) is 0 Å². The number of nitrogens with one attached hydrogen (secondary N) is 1. The monoisotopic (exact) mass is 294 g/mol. The summed E-state index contributed by atoms with van der Waals surface area (Å²) in [6.07, 6.45) is 0.553. The molecule has 2 unspecified atom stereocenters. The molecule has 1 fully saturated rings. The van der Waals surface area contributed by atoms with E-state index < -0.39 is 0 Å². The van der Waals surface area contributed by atoms with E-state index in [1.165, 1.54) is 6.07 Å². The molecule has 1 aliphatic rings. The molecule has 2 rings (SSSR count). The van der Waals surface area contributed by atoms with Gasteiger partial charge in [-0.3, -0.25) is 9.69 Å². The van der Waals surface area contributed by atoms with Crippen molar-refractivity contribution in [2.75, 3.05) is 19.6 Å². The average molecular weight is 294 g/mol. The van der Waals surface area contributed by atoms with Gasteiger partial charge in [0.2, 0.25) is 5.91 Å². The molecular formula is C16H23FN2O2. The van der Waals surface area contributed by atoms with E-state index in [4.69, 9.17) is 0 Å². The highest BCUT2D eigenvalue weighted by molar-refractivity contribution is 5.78. The Kier molecular flexibility index (Phi) is 5.31. The van der Waals surface area contributed by atoms with Crippen LogP contribution in [0.4, 0.5) is 4.39 Å². The van der Waals surface area contributed by atoms with Crippen molar-refractivity contribution in [2.24, 2.45) is 5.92 Å². The van der Waals surface area contributed by atoms with E-state index in [1.807, 2.05) is 11.8 Å². The van der Waals surface area contributed by atoms with Gasteiger partial charge in [0.15, 0.2) is 0 Å². The number of hydrogen-bond donors (Lipinski definition) is 2. The third-order valence-electron chi connectivity index (χ3n) is 4.08. The minimum Gasteiger partial charge on any atom is -0.392 e. The van der Waals surface area contributed by atoms with E-state index in [0.29, 0.717) is 31.1 Å². The first-order valence-electron chi connectivity index (χ1n) is 7.38. The molecule has 2 N–H and O–H groups in total. The van der Waals surface area contributed by atoms with Crippen LogP contribution in [0.15, 0.2) is 18.2 Å². The van der Waals surface area contributed by atoms with Gasteiger partial charge in [0, 0.05) is 13.1 Å². The van der Waals surface area contributed by atoms with Crippen LogP contribution in [0.3, 0.4) is 0 Å². The van der Waals surface area contributed by atoms with Gasteiger partial charge >= 0.3 is 0 Å². The molecule has 0 aromatic heterocycles. The Morgan fingerprint density at radius 3 is 2.95 bits per heavy atom. The van der Waals surface area contributed by atoms with Gasteiger partial charge in [0.1, 0.15) is 5.82 Å². The van der Waals surface area contributed by atoms with Gasteiger partial charge in [0.25, 0.3) is 0 Å². The lowest BCUT2D eigenvalue weighted by Crippen LogP contribution is -2.46. The van der Waals surface area contributed by atoms with Gasteiger partial charge in [-0.1, -0.05) is 19.1 Å². The molecule has 0 radical (unpaired) electrons. The highest BCUT2D eigenvalue weighted by Gasteiger charge is 2.25. The molecule has 21 heavy (non-hydrogen) atoms. The normalized spacial score (nSPS) is 23.0. The predicted octanol–water partition coefficient (Wildman–Crippen LogP) is 1.45. The number of rotatable bonds is 4. The van der Waals surface area contributed by atoms with E-state index in [9.17, 15) is 14.3 Å². The largest absolute Gasteiger partial charge is 0.392 e. The van der Waals surface area contributed by atoms with Gasteiger partial charge < -0.3 is 10.4 Å². The Balaban J connectivity index is 1.78. The summed E-state index contributed by atoms with van der Waals surface area (Å²) in [6, 6.07) is 4.83. The molecule has 0 saturated carbocycles. The SMILES string of the molecule is Cc1cc(CNC(=O)CN2CCC(C)C(O)C2)ccc1F. The Bertz CT molecular complexity index is 507. The third-order valence-corrected chi connectivity index (χ3v) is 4.08. The zero-order valence-corrected chi connectivity index (χ0v) is 12.6. The van der Waals surface area contributed by atoms with Crippen molar-refractivity contribution in [1.29, 1.82) is 0 Å². The summed E-state index contributed by atoms with van der Waals surface area (Å²) in [5, 5.41) is 12.7. The van der Waals surface area contributed by atoms with Crippen LogP contribution in [0.2, 0.25) is 0 Å². The van der Waals surface area contributed by atoms with Crippen LogP contribution in [0.25, 0.3) is 0 Å². The zero-order valence-electron chi connectivity index (χ0n) is 12.6. The zero-order chi connectivity index (χ0) is 15.4. The lowest BCUT2D eigenvalue weighted by Gasteiger charge is -2.33. The number of amides is 1. The molecule has 1 heterocycles. The van der Waals surface area contributed by atoms with Crippen molar-refractivity contribution in [2.45, 2.75) is 32.9 Å². The summed E-state index contributed by atoms with van der Waals surface area (Å²) < 4.78 is 13.2. The minimum atomic E-state index is -0.355. The molecular weight excluding hydrogens is 271 g/mol. The maximum absolute atomic E-state index is 13.2. The maximum Gasteiger partial charge on any atom is 0.234 e. The number of aliphatic hydroxyl groups is 1. The second kappa shape index (κ2) is 7.00. The first kappa shape index (κ1) is 15.9. The number of nitrogens with zero attached hydrogens (tertiary/aromatic N) is 1. The summed E-state index contributed by atoms with van der Waals surface area (Å²) in [6.45, 7) is 5.80. The van der Waals surface area contributed by atoms with Gasteiger partial charge in [0.05, 0.1) is 12.6 Å². The van der Waals surface area contributed by atoms with Crippen LogP contribution in [0.1, 0.15) is 24.5 Å². The number of carbonyl (C=O) groups is 1. The van der Waals surface area contributed by atoms with Crippen LogP contribution in [0, 0.1) is 18.7 Å². The smallest absolute Gasteiger partial charge is 0.234 e. The number of aryl methyl sites for hydroxylation is 1. The van der Waals surface area contributed by atoms with Gasteiger partial charge in [-0.2, -0.15) is 0 Å². The van der Waals surface area contributed by atoms with E-state index >= 15 is 0 Å². The molecule has 5 heteroatoms.